The lowest BCUT2D eigenvalue weighted by Gasteiger charge is -2.40. The molecule has 0 aromatic heterocycles. The van der Waals surface area contributed by atoms with Gasteiger partial charge in [0, 0.05) is 0 Å². The zero-order valence-corrected chi connectivity index (χ0v) is 20.4. The highest BCUT2D eigenvalue weighted by atomic mass is 28.5. The summed E-state index contributed by atoms with van der Waals surface area (Å²) in [5, 5.41) is 0. The van der Waals surface area contributed by atoms with Crippen molar-refractivity contribution in [2.75, 3.05) is 0 Å². The van der Waals surface area contributed by atoms with Gasteiger partial charge in [-0.15, -0.1) is 6.58 Å². The molecular weight excluding hydrogens is 349 g/mol. The van der Waals surface area contributed by atoms with E-state index in [1.54, 1.807) is 0 Å². The van der Waals surface area contributed by atoms with Gasteiger partial charge in [-0.3, -0.25) is 0 Å². The molecule has 21 heavy (non-hydrogen) atoms. The summed E-state index contributed by atoms with van der Waals surface area (Å²) in [5.74, 6) is 0. The Morgan fingerprint density at radius 3 is 1.48 bits per heavy atom. The van der Waals surface area contributed by atoms with E-state index >= 15 is 0 Å². The summed E-state index contributed by atoms with van der Waals surface area (Å²) in [7, 11) is -9.22. The van der Waals surface area contributed by atoms with Crippen LogP contribution in [-0.4, -0.2) is 43.0 Å². The second-order valence-electron chi connectivity index (χ2n) is 7.53. The van der Waals surface area contributed by atoms with Crippen LogP contribution in [0.4, 0.5) is 0 Å². The molecule has 0 aliphatic carbocycles. The quantitative estimate of drug-likeness (QED) is 0.557. The van der Waals surface area contributed by atoms with Gasteiger partial charge in [-0.1, -0.05) is 5.70 Å². The largest absolute Gasteiger partial charge is 0.437 e. The van der Waals surface area contributed by atoms with Gasteiger partial charge in [0.2, 0.25) is 9.04 Å². The molecule has 0 aromatic carbocycles. The van der Waals surface area contributed by atoms with Gasteiger partial charge < -0.3 is 16.5 Å². The van der Waals surface area contributed by atoms with E-state index in [1.807, 2.05) is 5.70 Å². The highest BCUT2D eigenvalue weighted by Gasteiger charge is 2.43. The maximum atomic E-state index is 6.36. The summed E-state index contributed by atoms with van der Waals surface area (Å²) < 4.78 is 25.0. The van der Waals surface area contributed by atoms with Crippen LogP contribution in [0.5, 0.6) is 0 Å². The molecule has 0 atom stereocenters. The van der Waals surface area contributed by atoms with Crippen LogP contribution in [0, 0.1) is 0 Å². The van der Waals surface area contributed by atoms with E-state index in [0.717, 1.165) is 0 Å². The molecule has 0 aliphatic heterocycles. The zero-order chi connectivity index (χ0) is 17.1. The lowest BCUT2D eigenvalue weighted by molar-refractivity contribution is 0.302. The molecule has 0 saturated carbocycles. The van der Waals surface area contributed by atoms with E-state index in [9.17, 15) is 0 Å². The first-order valence-electron chi connectivity index (χ1n) is 7.33. The Kier molecular flexibility index (Phi) is 7.73. The average Bonchev–Trinajstić information content (AvgIpc) is 2.07. The minimum Gasteiger partial charge on any atom is -0.437 e. The predicted molar refractivity (Wildman–Crippen MR) is 102 cm³/mol. The molecule has 0 aliphatic rings. The van der Waals surface area contributed by atoms with Crippen molar-refractivity contribution in [1.29, 1.82) is 0 Å². The molecule has 0 N–H and O–H groups in total. The van der Waals surface area contributed by atoms with Crippen molar-refractivity contribution in [1.82, 2.24) is 0 Å². The first-order valence-corrected chi connectivity index (χ1v) is 21.2. The van der Waals surface area contributed by atoms with Crippen molar-refractivity contribution in [3.05, 3.63) is 12.3 Å². The molecule has 0 saturated heterocycles. The third-order valence-electron chi connectivity index (χ3n) is 2.23. The SMILES string of the molecule is C=C[Si](C)O[Si](C)(C)O[Si](C)(C)O[Si](C)(C)O[Si](C)(C)C. The topological polar surface area (TPSA) is 36.9 Å². The van der Waals surface area contributed by atoms with Crippen molar-refractivity contribution in [2.24, 2.45) is 0 Å². The van der Waals surface area contributed by atoms with Gasteiger partial charge in [0.25, 0.3) is 0 Å². The van der Waals surface area contributed by atoms with Crippen molar-refractivity contribution < 1.29 is 16.5 Å². The van der Waals surface area contributed by atoms with Gasteiger partial charge in [0.15, 0.2) is 8.32 Å². The highest BCUT2D eigenvalue weighted by molar-refractivity contribution is 6.89. The van der Waals surface area contributed by atoms with E-state index in [4.69, 9.17) is 16.5 Å². The zero-order valence-electron chi connectivity index (χ0n) is 15.4. The summed E-state index contributed by atoms with van der Waals surface area (Å²) in [6.07, 6.45) is 0. The molecule has 0 rings (SSSR count). The summed E-state index contributed by atoms with van der Waals surface area (Å²) in [6, 6.07) is 0. The van der Waals surface area contributed by atoms with Crippen LogP contribution in [0.25, 0.3) is 0 Å². The molecule has 4 nitrogen and oxygen atoms in total. The minimum atomic E-state index is -2.28. The van der Waals surface area contributed by atoms with Crippen molar-refractivity contribution in [3.8, 4) is 0 Å². The van der Waals surface area contributed by atoms with E-state index in [-0.39, 0.29) is 0 Å². The third-order valence-corrected chi connectivity index (χ3v) is 18.3. The number of hydrogen-bond donors (Lipinski definition) is 0. The van der Waals surface area contributed by atoms with Gasteiger partial charge in [0.05, 0.1) is 0 Å². The minimum absolute atomic E-state index is 0.975. The van der Waals surface area contributed by atoms with Crippen LogP contribution in [0.2, 0.25) is 65.5 Å². The Labute approximate surface area is 137 Å². The van der Waals surface area contributed by atoms with Crippen LogP contribution in [0.1, 0.15) is 0 Å². The second kappa shape index (κ2) is 7.49. The standard InChI is InChI=1S/C12H33O4Si5/c1-12-17(2)13-19(6,7)15-21(10,11)16-20(8,9)14-18(3,4)5/h12H,1H2,2-11H3. The first-order chi connectivity index (χ1) is 9.08. The molecule has 0 spiro atoms. The van der Waals surface area contributed by atoms with E-state index in [1.165, 1.54) is 0 Å². The van der Waals surface area contributed by atoms with Crippen molar-refractivity contribution in [3.63, 3.8) is 0 Å². The molecule has 1 radical (unpaired) electrons. The van der Waals surface area contributed by atoms with E-state index in [2.05, 4.69) is 72.0 Å². The normalized spacial score (nSPS) is 14.6. The van der Waals surface area contributed by atoms with Crippen LogP contribution < -0.4 is 0 Å². The van der Waals surface area contributed by atoms with Crippen LogP contribution in [-0.2, 0) is 16.5 Å². The number of rotatable bonds is 9. The smallest absolute Gasteiger partial charge is 0.314 e. The molecule has 0 heterocycles. The predicted octanol–water partition coefficient (Wildman–Crippen LogP) is 4.34. The summed E-state index contributed by atoms with van der Waals surface area (Å²) in [4.78, 5) is 0. The van der Waals surface area contributed by atoms with Crippen LogP contribution >= 0.6 is 0 Å². The number of hydrogen-bond acceptors (Lipinski definition) is 4. The molecular formula is C12H33O4Si5. The second-order valence-corrected chi connectivity index (χ2v) is 25.1. The van der Waals surface area contributed by atoms with Gasteiger partial charge >= 0.3 is 25.7 Å². The Hall–Kier alpha value is 0.664. The van der Waals surface area contributed by atoms with Crippen molar-refractivity contribution in [2.45, 2.75) is 65.5 Å². The van der Waals surface area contributed by atoms with E-state index < -0.39 is 43.0 Å². The fourth-order valence-electron chi connectivity index (χ4n) is 2.41. The molecule has 125 valence electrons. The van der Waals surface area contributed by atoms with Crippen molar-refractivity contribution >= 4 is 43.0 Å². The fourth-order valence-corrected chi connectivity index (χ4v) is 22.8. The molecule has 9 heteroatoms. The Bertz CT molecular complexity index is 352. The summed E-state index contributed by atoms with van der Waals surface area (Å²) in [5.41, 5.74) is 1.89. The summed E-state index contributed by atoms with van der Waals surface area (Å²) >= 11 is 0. The first kappa shape index (κ1) is 21.7. The third kappa shape index (κ3) is 10.9. The molecule has 0 bridgehead atoms. The lowest BCUT2D eigenvalue weighted by Crippen LogP contribution is -2.57. The van der Waals surface area contributed by atoms with E-state index in [0.29, 0.717) is 0 Å². The molecule has 0 amide bonds. The average molecular weight is 382 g/mol. The Balaban J connectivity index is 4.78. The molecule has 0 fully saturated rings. The van der Waals surface area contributed by atoms with Gasteiger partial charge in [-0.2, -0.15) is 0 Å². The van der Waals surface area contributed by atoms with Gasteiger partial charge in [0.1, 0.15) is 0 Å². The maximum absolute atomic E-state index is 6.36. The summed E-state index contributed by atoms with van der Waals surface area (Å²) in [6.45, 7) is 25.0. The fraction of sp³-hybridized carbons (Fsp3) is 0.833. The molecule has 0 aromatic rings. The van der Waals surface area contributed by atoms with Crippen LogP contribution in [0.15, 0.2) is 12.3 Å². The lowest BCUT2D eigenvalue weighted by atomic mass is 11.3. The van der Waals surface area contributed by atoms with Gasteiger partial charge in [-0.25, -0.2) is 0 Å². The van der Waals surface area contributed by atoms with Gasteiger partial charge in [-0.05, 0) is 65.5 Å². The Morgan fingerprint density at radius 2 is 1.10 bits per heavy atom. The highest BCUT2D eigenvalue weighted by Crippen LogP contribution is 2.24. The monoisotopic (exact) mass is 381 g/mol. The maximum Gasteiger partial charge on any atom is 0.314 e. The Morgan fingerprint density at radius 1 is 0.714 bits per heavy atom. The van der Waals surface area contributed by atoms with Crippen LogP contribution in [0.3, 0.4) is 0 Å². The molecule has 0 unspecified atom stereocenters.